The smallest absolute Gasteiger partial charge is 0.194 e. The predicted molar refractivity (Wildman–Crippen MR) is 90.9 cm³/mol. The highest BCUT2D eigenvalue weighted by Gasteiger charge is 2.33. The molecule has 4 rings (SSSR count). The maximum Gasteiger partial charge on any atom is 0.194 e. The minimum absolute atomic E-state index is 0.0245. The second kappa shape index (κ2) is 5.82. The Balaban J connectivity index is 1.71. The summed E-state index contributed by atoms with van der Waals surface area (Å²) in [5.41, 5.74) is 2.23. The topological polar surface area (TPSA) is 48.4 Å². The molecule has 3 aromatic rings. The Bertz CT molecular complexity index is 899. The van der Waals surface area contributed by atoms with Crippen molar-refractivity contribution < 1.29 is 14.3 Å². The number of carbonyl (C=O) groups is 1. The minimum Gasteiger partial charge on any atom is -0.344 e. The van der Waals surface area contributed by atoms with E-state index in [1.54, 1.807) is 24.5 Å². The normalized spacial score (nSPS) is 16.4. The summed E-state index contributed by atoms with van der Waals surface area (Å²) in [6.07, 6.45) is 3.25. The van der Waals surface area contributed by atoms with Crippen molar-refractivity contribution in [3.8, 4) is 0 Å². The number of benzene rings is 2. The fourth-order valence-corrected chi connectivity index (χ4v) is 3.01. The summed E-state index contributed by atoms with van der Waals surface area (Å²) in [5, 5.41) is 2.06. The highest BCUT2D eigenvalue weighted by molar-refractivity contribution is 6.10. The number of pyridine rings is 1. The Morgan fingerprint density at radius 3 is 2.50 bits per heavy atom. The first-order valence-corrected chi connectivity index (χ1v) is 7.93. The molecule has 0 amide bonds. The second-order valence-electron chi connectivity index (χ2n) is 5.99. The number of rotatable bonds is 3. The van der Waals surface area contributed by atoms with Crippen molar-refractivity contribution >= 4 is 16.6 Å². The molecule has 24 heavy (non-hydrogen) atoms. The molecule has 1 saturated heterocycles. The van der Waals surface area contributed by atoms with Crippen LogP contribution in [0, 0.1) is 0 Å². The number of hydrogen-bond donors (Lipinski definition) is 0. The van der Waals surface area contributed by atoms with Crippen LogP contribution in [0.25, 0.3) is 10.8 Å². The van der Waals surface area contributed by atoms with Gasteiger partial charge in [-0.1, -0.05) is 24.3 Å². The van der Waals surface area contributed by atoms with Gasteiger partial charge in [0.1, 0.15) is 0 Å². The van der Waals surface area contributed by atoms with Crippen LogP contribution >= 0.6 is 0 Å². The zero-order valence-corrected chi connectivity index (χ0v) is 13.4. The average Bonchev–Trinajstić information content (AvgIpc) is 3.09. The van der Waals surface area contributed by atoms with Crippen molar-refractivity contribution in [2.45, 2.75) is 12.7 Å². The van der Waals surface area contributed by atoms with Gasteiger partial charge in [-0.05, 0) is 42.0 Å². The molecule has 4 heteroatoms. The minimum atomic E-state index is -0.682. The van der Waals surface area contributed by atoms with Gasteiger partial charge in [-0.15, -0.1) is 0 Å². The third-order valence-corrected chi connectivity index (χ3v) is 4.39. The van der Waals surface area contributed by atoms with Crippen LogP contribution in [0.2, 0.25) is 0 Å². The molecule has 0 aliphatic carbocycles. The fourth-order valence-electron chi connectivity index (χ4n) is 3.01. The van der Waals surface area contributed by atoms with Crippen LogP contribution in [-0.2, 0) is 15.3 Å². The summed E-state index contributed by atoms with van der Waals surface area (Å²) in [5.74, 6) is -0.707. The van der Waals surface area contributed by atoms with Gasteiger partial charge in [0.15, 0.2) is 11.6 Å². The molecule has 0 spiro atoms. The lowest BCUT2D eigenvalue weighted by Crippen LogP contribution is -2.22. The van der Waals surface area contributed by atoms with Gasteiger partial charge in [-0.25, -0.2) is 0 Å². The zero-order valence-electron chi connectivity index (χ0n) is 13.4. The number of ether oxygens (including phenoxy) is 2. The van der Waals surface area contributed by atoms with Crippen LogP contribution in [0.5, 0.6) is 0 Å². The van der Waals surface area contributed by atoms with E-state index in [0.29, 0.717) is 24.3 Å². The molecule has 2 aromatic carbocycles. The molecule has 1 aliphatic heterocycles. The number of carbonyl (C=O) groups excluding carboxylic acids is 1. The number of ketones is 1. The summed E-state index contributed by atoms with van der Waals surface area (Å²) in [7, 11) is 0. The summed E-state index contributed by atoms with van der Waals surface area (Å²) in [6, 6.07) is 15.3. The summed E-state index contributed by atoms with van der Waals surface area (Å²) < 4.78 is 11.4. The predicted octanol–water partition coefficient (Wildman–Crippen LogP) is 3.69. The van der Waals surface area contributed by atoms with Gasteiger partial charge in [0, 0.05) is 29.1 Å². The molecule has 0 N–H and O–H groups in total. The summed E-state index contributed by atoms with van der Waals surface area (Å²) in [4.78, 5) is 16.5. The van der Waals surface area contributed by atoms with E-state index in [0.717, 1.165) is 16.3 Å². The van der Waals surface area contributed by atoms with Crippen molar-refractivity contribution in [1.29, 1.82) is 0 Å². The SMILES string of the molecule is CC1(c2ccc3cc(C(=O)c4cccnc4)ccc3c2)OCCO1. The summed E-state index contributed by atoms with van der Waals surface area (Å²) in [6.45, 7) is 3.14. The largest absolute Gasteiger partial charge is 0.344 e. The van der Waals surface area contributed by atoms with Gasteiger partial charge in [0.05, 0.1) is 13.2 Å². The summed E-state index contributed by atoms with van der Waals surface area (Å²) >= 11 is 0. The molecule has 1 aromatic heterocycles. The van der Waals surface area contributed by atoms with Crippen molar-refractivity contribution in [2.75, 3.05) is 13.2 Å². The van der Waals surface area contributed by atoms with Crippen LogP contribution in [0.4, 0.5) is 0 Å². The van der Waals surface area contributed by atoms with Crippen molar-refractivity contribution in [2.24, 2.45) is 0 Å². The molecule has 120 valence electrons. The highest BCUT2D eigenvalue weighted by Crippen LogP contribution is 2.32. The molecule has 4 nitrogen and oxygen atoms in total. The molecule has 0 unspecified atom stereocenters. The third-order valence-electron chi connectivity index (χ3n) is 4.39. The lowest BCUT2D eigenvalue weighted by Gasteiger charge is -2.23. The lowest BCUT2D eigenvalue weighted by molar-refractivity contribution is -0.149. The first kappa shape index (κ1) is 15.0. The van der Waals surface area contributed by atoms with Gasteiger partial charge >= 0.3 is 0 Å². The first-order valence-electron chi connectivity index (χ1n) is 7.93. The quantitative estimate of drug-likeness (QED) is 0.691. The van der Waals surface area contributed by atoms with E-state index < -0.39 is 5.79 Å². The van der Waals surface area contributed by atoms with E-state index in [9.17, 15) is 4.79 Å². The Labute approximate surface area is 140 Å². The lowest BCUT2D eigenvalue weighted by atomic mass is 9.98. The monoisotopic (exact) mass is 319 g/mol. The number of hydrogen-bond acceptors (Lipinski definition) is 4. The first-order chi connectivity index (χ1) is 11.7. The Kier molecular flexibility index (Phi) is 3.63. The van der Waals surface area contributed by atoms with Crippen LogP contribution in [0.15, 0.2) is 60.9 Å². The second-order valence-corrected chi connectivity index (χ2v) is 5.99. The van der Waals surface area contributed by atoms with Crippen molar-refractivity contribution in [1.82, 2.24) is 4.98 Å². The average molecular weight is 319 g/mol. The molecule has 1 aliphatic rings. The fraction of sp³-hybridized carbons (Fsp3) is 0.200. The van der Waals surface area contributed by atoms with Gasteiger partial charge in [-0.2, -0.15) is 0 Å². The van der Waals surface area contributed by atoms with Crippen LogP contribution < -0.4 is 0 Å². The highest BCUT2D eigenvalue weighted by atomic mass is 16.7. The zero-order chi connectivity index (χ0) is 16.6. The maximum atomic E-state index is 12.5. The Hall–Kier alpha value is -2.56. The molecule has 1 fully saturated rings. The maximum absolute atomic E-state index is 12.5. The molecular formula is C20H17NO3. The van der Waals surface area contributed by atoms with Crippen LogP contribution in [0.3, 0.4) is 0 Å². The van der Waals surface area contributed by atoms with E-state index in [4.69, 9.17) is 9.47 Å². The molecular weight excluding hydrogens is 302 g/mol. The van der Waals surface area contributed by atoms with Crippen molar-refractivity contribution in [3.05, 3.63) is 77.6 Å². The molecule has 0 bridgehead atoms. The number of aromatic nitrogens is 1. The van der Waals surface area contributed by atoms with E-state index in [2.05, 4.69) is 11.1 Å². The van der Waals surface area contributed by atoms with E-state index in [1.165, 1.54) is 0 Å². The standard InChI is InChI=1S/C20H17NO3/c1-20(23-9-10-24-20)18-7-6-14-11-16(5-4-15(14)12-18)19(22)17-3-2-8-21-13-17/h2-8,11-13H,9-10H2,1H3. The molecule has 2 heterocycles. The molecule has 0 saturated carbocycles. The Morgan fingerprint density at radius 2 is 1.75 bits per heavy atom. The van der Waals surface area contributed by atoms with E-state index in [1.807, 2.05) is 37.3 Å². The third kappa shape index (κ3) is 2.60. The van der Waals surface area contributed by atoms with Crippen LogP contribution in [0.1, 0.15) is 28.4 Å². The molecule has 0 radical (unpaired) electrons. The van der Waals surface area contributed by atoms with E-state index >= 15 is 0 Å². The number of fused-ring (bicyclic) bond motifs is 1. The van der Waals surface area contributed by atoms with E-state index in [-0.39, 0.29) is 5.78 Å². The molecule has 0 atom stereocenters. The van der Waals surface area contributed by atoms with Gasteiger partial charge in [0.2, 0.25) is 0 Å². The number of nitrogens with zero attached hydrogens (tertiary/aromatic N) is 1. The van der Waals surface area contributed by atoms with Gasteiger partial charge in [0.25, 0.3) is 0 Å². The van der Waals surface area contributed by atoms with Crippen molar-refractivity contribution in [3.63, 3.8) is 0 Å². The van der Waals surface area contributed by atoms with Gasteiger partial charge in [-0.3, -0.25) is 9.78 Å². The Morgan fingerprint density at radius 1 is 1.00 bits per heavy atom. The van der Waals surface area contributed by atoms with Gasteiger partial charge < -0.3 is 9.47 Å². The van der Waals surface area contributed by atoms with Crippen LogP contribution in [-0.4, -0.2) is 24.0 Å².